The maximum atomic E-state index is 6.76. The van der Waals surface area contributed by atoms with Crippen LogP contribution in [0.15, 0.2) is 211 Å². The first-order chi connectivity index (χ1) is 31.0. The Bertz CT molecular complexity index is 3470. The second-order valence-electron chi connectivity index (χ2n) is 16.8. The topological polar surface area (TPSA) is 55.1 Å². The number of anilines is 3. The molecule has 5 nitrogen and oxygen atoms in total. The van der Waals surface area contributed by atoms with E-state index in [1.165, 1.54) is 22.3 Å². The minimum Gasteiger partial charge on any atom is -0.455 e. The molecule has 0 saturated carbocycles. The molecule has 0 fully saturated rings. The van der Waals surface area contributed by atoms with Gasteiger partial charge in [-0.2, -0.15) is 0 Å². The maximum Gasteiger partial charge on any atom is 0.164 e. The van der Waals surface area contributed by atoms with Crippen molar-refractivity contribution in [2.75, 3.05) is 4.90 Å². The third-order valence-corrected chi connectivity index (χ3v) is 12.7. The summed E-state index contributed by atoms with van der Waals surface area (Å²) in [4.78, 5) is 17.3. The first kappa shape index (κ1) is 36.7. The molecule has 5 heteroatoms. The number of para-hydroxylation sites is 2. The van der Waals surface area contributed by atoms with E-state index >= 15 is 0 Å². The highest BCUT2D eigenvalue weighted by Gasteiger charge is 2.35. The fourth-order valence-corrected chi connectivity index (χ4v) is 9.57. The number of rotatable bonds is 7. The van der Waals surface area contributed by atoms with Gasteiger partial charge in [0.2, 0.25) is 0 Å². The quantitative estimate of drug-likeness (QED) is 0.160. The van der Waals surface area contributed by atoms with Crippen LogP contribution >= 0.6 is 0 Å². The fourth-order valence-electron chi connectivity index (χ4n) is 9.57. The van der Waals surface area contributed by atoms with Gasteiger partial charge in [0.15, 0.2) is 17.5 Å². The van der Waals surface area contributed by atoms with Crippen molar-refractivity contribution in [1.29, 1.82) is 0 Å². The third-order valence-electron chi connectivity index (χ3n) is 12.7. The molecule has 0 saturated heterocycles. The molecule has 11 aromatic rings. The summed E-state index contributed by atoms with van der Waals surface area (Å²) in [5.74, 6) is 1.90. The minimum absolute atomic E-state index is 0.122. The van der Waals surface area contributed by atoms with E-state index in [9.17, 15) is 0 Å². The van der Waals surface area contributed by atoms with Crippen molar-refractivity contribution < 1.29 is 4.42 Å². The van der Waals surface area contributed by atoms with E-state index in [1.807, 2.05) is 66.7 Å². The molecule has 0 N–H and O–H groups in total. The van der Waals surface area contributed by atoms with Crippen LogP contribution in [0.1, 0.15) is 25.0 Å². The summed E-state index contributed by atoms with van der Waals surface area (Å²) in [5.41, 5.74) is 15.2. The highest BCUT2D eigenvalue weighted by Crippen LogP contribution is 2.51. The average Bonchev–Trinajstić information content (AvgIpc) is 3.84. The molecule has 0 unspecified atom stereocenters. The van der Waals surface area contributed by atoms with E-state index in [2.05, 4.69) is 158 Å². The van der Waals surface area contributed by atoms with Gasteiger partial charge in [0.25, 0.3) is 0 Å². The maximum absolute atomic E-state index is 6.76. The molecule has 2 aromatic heterocycles. The Morgan fingerprint density at radius 2 is 0.937 bits per heavy atom. The third kappa shape index (κ3) is 6.12. The van der Waals surface area contributed by atoms with Gasteiger partial charge in [-0.1, -0.05) is 166 Å². The molecule has 0 atom stereocenters. The molecule has 1 aliphatic rings. The van der Waals surface area contributed by atoms with Crippen molar-refractivity contribution >= 4 is 49.8 Å². The van der Waals surface area contributed by atoms with Crippen LogP contribution in [0.5, 0.6) is 0 Å². The molecule has 298 valence electrons. The van der Waals surface area contributed by atoms with Crippen LogP contribution in [-0.2, 0) is 5.41 Å². The number of fused-ring (bicyclic) bond motifs is 8. The summed E-state index contributed by atoms with van der Waals surface area (Å²) >= 11 is 0. The van der Waals surface area contributed by atoms with Gasteiger partial charge in [0, 0.05) is 55.3 Å². The predicted octanol–water partition coefficient (Wildman–Crippen LogP) is 15.4. The number of hydrogen-bond acceptors (Lipinski definition) is 5. The van der Waals surface area contributed by atoms with Crippen LogP contribution in [0.3, 0.4) is 0 Å². The van der Waals surface area contributed by atoms with Crippen LogP contribution in [0.2, 0.25) is 0 Å². The van der Waals surface area contributed by atoms with E-state index in [0.29, 0.717) is 17.5 Å². The Kier molecular flexibility index (Phi) is 8.44. The number of furan rings is 1. The molecule has 1 aliphatic carbocycles. The molecular weight excluding hydrogens is 769 g/mol. The Labute approximate surface area is 365 Å². The van der Waals surface area contributed by atoms with Gasteiger partial charge in [0.05, 0.1) is 0 Å². The molecule has 0 spiro atoms. The lowest BCUT2D eigenvalue weighted by molar-refractivity contribution is 0.660. The summed E-state index contributed by atoms with van der Waals surface area (Å²) in [6.07, 6.45) is 0. The van der Waals surface area contributed by atoms with Crippen molar-refractivity contribution in [2.24, 2.45) is 0 Å². The molecule has 63 heavy (non-hydrogen) atoms. The van der Waals surface area contributed by atoms with Gasteiger partial charge in [-0.15, -0.1) is 0 Å². The first-order valence-corrected chi connectivity index (χ1v) is 21.4. The van der Waals surface area contributed by atoms with Crippen LogP contribution in [0, 0.1) is 0 Å². The zero-order chi connectivity index (χ0) is 42.1. The summed E-state index contributed by atoms with van der Waals surface area (Å²) in [5, 5.41) is 4.33. The molecule has 0 bridgehead atoms. The largest absolute Gasteiger partial charge is 0.455 e. The van der Waals surface area contributed by atoms with E-state index < -0.39 is 0 Å². The van der Waals surface area contributed by atoms with Crippen molar-refractivity contribution in [3.8, 4) is 56.4 Å². The molecule has 0 amide bonds. The monoisotopic (exact) mass is 808 g/mol. The summed E-state index contributed by atoms with van der Waals surface area (Å²) in [7, 11) is 0. The molecule has 2 heterocycles. The minimum atomic E-state index is -0.122. The van der Waals surface area contributed by atoms with E-state index in [4.69, 9.17) is 19.4 Å². The highest BCUT2D eigenvalue weighted by atomic mass is 16.3. The second-order valence-corrected chi connectivity index (χ2v) is 16.8. The van der Waals surface area contributed by atoms with E-state index in [1.54, 1.807) is 0 Å². The Morgan fingerprint density at radius 1 is 0.397 bits per heavy atom. The van der Waals surface area contributed by atoms with Gasteiger partial charge in [0.1, 0.15) is 11.2 Å². The Balaban J connectivity index is 1.00. The van der Waals surface area contributed by atoms with Crippen LogP contribution in [-0.4, -0.2) is 15.0 Å². The standard InChI is InChI=1S/C58H40N4O/c1-58(2)50-24-14-12-22-46(50)47-33-31-44(36-51(47)58)62(42-20-10-5-11-21-42)43-30-32-45-41(34-43)35-49(53-48-23-13-15-25-52(48)63-54(45)53)37-26-28-40(29-27-37)57-60-55(38-16-6-3-7-17-38)59-56(61-57)39-18-8-4-9-19-39/h3-36H,1-2H3. The Morgan fingerprint density at radius 3 is 1.63 bits per heavy atom. The first-order valence-electron chi connectivity index (χ1n) is 21.4. The number of benzene rings is 9. The normalized spacial score (nSPS) is 12.7. The molecule has 9 aromatic carbocycles. The average molecular weight is 809 g/mol. The van der Waals surface area contributed by atoms with Crippen LogP contribution < -0.4 is 4.90 Å². The number of hydrogen-bond donors (Lipinski definition) is 0. The van der Waals surface area contributed by atoms with Gasteiger partial charge >= 0.3 is 0 Å². The van der Waals surface area contributed by atoms with Crippen molar-refractivity contribution in [3.05, 3.63) is 217 Å². The van der Waals surface area contributed by atoms with Gasteiger partial charge in [-0.05, 0) is 93.4 Å². The highest BCUT2D eigenvalue weighted by molar-refractivity contribution is 6.21. The van der Waals surface area contributed by atoms with E-state index in [0.717, 1.165) is 77.6 Å². The molecule has 0 aliphatic heterocycles. The summed E-state index contributed by atoms with van der Waals surface area (Å²) in [6, 6.07) is 72.6. The van der Waals surface area contributed by atoms with Crippen LogP contribution in [0.25, 0.3) is 89.1 Å². The fraction of sp³-hybridized carbons (Fsp3) is 0.0517. The SMILES string of the molecule is CC1(C)c2ccccc2-c2ccc(N(c3ccccc3)c3ccc4c(c3)cc(-c3ccc(-c5nc(-c6ccccc6)nc(-c6ccccc6)n5)cc3)c3c5ccccc5oc43)cc21. The van der Waals surface area contributed by atoms with Gasteiger partial charge in [-0.3, -0.25) is 0 Å². The lowest BCUT2D eigenvalue weighted by Gasteiger charge is -2.28. The summed E-state index contributed by atoms with van der Waals surface area (Å²) in [6.45, 7) is 4.68. The molecular formula is C58H40N4O. The lowest BCUT2D eigenvalue weighted by atomic mass is 9.82. The second kappa shape index (κ2) is 14.5. The zero-order valence-corrected chi connectivity index (χ0v) is 34.8. The van der Waals surface area contributed by atoms with E-state index in [-0.39, 0.29) is 5.41 Å². The smallest absolute Gasteiger partial charge is 0.164 e. The molecule has 0 radical (unpaired) electrons. The zero-order valence-electron chi connectivity index (χ0n) is 34.8. The molecule has 12 rings (SSSR count). The van der Waals surface area contributed by atoms with Gasteiger partial charge < -0.3 is 9.32 Å². The Hall–Kier alpha value is -8.15. The predicted molar refractivity (Wildman–Crippen MR) is 259 cm³/mol. The van der Waals surface area contributed by atoms with Crippen molar-refractivity contribution in [3.63, 3.8) is 0 Å². The lowest BCUT2D eigenvalue weighted by Crippen LogP contribution is -2.16. The number of aromatic nitrogens is 3. The van der Waals surface area contributed by atoms with Crippen molar-refractivity contribution in [1.82, 2.24) is 15.0 Å². The number of nitrogens with zero attached hydrogens (tertiary/aromatic N) is 4. The van der Waals surface area contributed by atoms with Crippen molar-refractivity contribution in [2.45, 2.75) is 19.3 Å². The summed E-state index contributed by atoms with van der Waals surface area (Å²) < 4.78 is 6.76. The van der Waals surface area contributed by atoms with Crippen LogP contribution in [0.4, 0.5) is 17.1 Å². The van der Waals surface area contributed by atoms with Gasteiger partial charge in [-0.25, -0.2) is 15.0 Å².